The van der Waals surface area contributed by atoms with Crippen molar-refractivity contribution in [1.29, 1.82) is 0 Å². The van der Waals surface area contributed by atoms with Crippen LogP contribution in [0.3, 0.4) is 0 Å². The summed E-state index contributed by atoms with van der Waals surface area (Å²) in [6, 6.07) is 13.2. The number of nitrogens with two attached hydrogens (primary N) is 1. The number of amides is 3. The molecule has 1 saturated carbocycles. The Morgan fingerprint density at radius 2 is 1.98 bits per heavy atom. The summed E-state index contributed by atoms with van der Waals surface area (Å²) in [7, 11) is 0. The Bertz CT molecular complexity index is 1430. The van der Waals surface area contributed by atoms with E-state index in [0.29, 0.717) is 35.6 Å². The van der Waals surface area contributed by atoms with Gasteiger partial charge in [-0.1, -0.05) is 24.3 Å². The Kier molecular flexibility index (Phi) is 10.5. The van der Waals surface area contributed by atoms with Gasteiger partial charge >= 0.3 is 0 Å². The molecular weight excluding hydrogens is 541 g/mol. The lowest BCUT2D eigenvalue weighted by molar-refractivity contribution is -0.131. The normalized spacial score (nSPS) is 17.2. The number of nitrogens with one attached hydrogen (secondary N) is 2. The minimum absolute atomic E-state index is 0.0773. The lowest BCUT2D eigenvalue weighted by Gasteiger charge is -2.23. The molecule has 2 atom stereocenters. The van der Waals surface area contributed by atoms with Gasteiger partial charge in [-0.2, -0.15) is 0 Å². The molecule has 10 heteroatoms. The summed E-state index contributed by atoms with van der Waals surface area (Å²) in [5, 5.41) is 12.1. The van der Waals surface area contributed by atoms with Crippen molar-refractivity contribution in [2.45, 2.75) is 56.5 Å². The van der Waals surface area contributed by atoms with Gasteiger partial charge in [0.1, 0.15) is 17.6 Å². The first-order chi connectivity index (χ1) is 19.8. The summed E-state index contributed by atoms with van der Waals surface area (Å²) in [6.07, 6.45) is 9.28. The second-order valence-electron chi connectivity index (χ2n) is 10.2. The van der Waals surface area contributed by atoms with Crippen LogP contribution < -0.4 is 15.8 Å². The third-order valence-electron chi connectivity index (χ3n) is 7.14. The van der Waals surface area contributed by atoms with Crippen molar-refractivity contribution in [3.05, 3.63) is 77.2 Å². The quantitative estimate of drug-likeness (QED) is 0.244. The monoisotopic (exact) mass is 577 g/mol. The number of hydrogen-bond acceptors (Lipinski definition) is 6. The SMILES string of the molecule is CC(NC(=O)C1CCCN1C=O)c1ccc(SN)cc1/C=C/C1CC1.CCNC(=O)c1ccc2cc(F)ccc2n1. The zero-order chi connectivity index (χ0) is 29.4. The summed E-state index contributed by atoms with van der Waals surface area (Å²) in [6.45, 7) is 5.04. The van der Waals surface area contributed by atoms with Gasteiger partial charge in [0.15, 0.2) is 0 Å². The molecule has 0 bridgehead atoms. The van der Waals surface area contributed by atoms with E-state index in [1.807, 2.05) is 26.0 Å². The van der Waals surface area contributed by atoms with Gasteiger partial charge in [-0.15, -0.1) is 0 Å². The molecule has 3 amide bonds. The van der Waals surface area contributed by atoms with Gasteiger partial charge < -0.3 is 15.5 Å². The van der Waals surface area contributed by atoms with Crippen molar-refractivity contribution >= 4 is 47.2 Å². The third-order valence-corrected chi connectivity index (χ3v) is 7.67. The number of carbonyl (C=O) groups is 3. The van der Waals surface area contributed by atoms with E-state index in [1.165, 1.54) is 36.9 Å². The van der Waals surface area contributed by atoms with Crippen LogP contribution in [0.15, 0.2) is 59.5 Å². The average molecular weight is 578 g/mol. The molecule has 4 N–H and O–H groups in total. The lowest BCUT2D eigenvalue weighted by atomic mass is 10.00. The smallest absolute Gasteiger partial charge is 0.269 e. The van der Waals surface area contributed by atoms with Crippen LogP contribution in [0.5, 0.6) is 0 Å². The van der Waals surface area contributed by atoms with E-state index < -0.39 is 0 Å². The number of likely N-dealkylation sites (tertiary alicyclic amines) is 1. The highest BCUT2D eigenvalue weighted by Gasteiger charge is 2.30. The number of halogens is 1. The molecule has 2 unspecified atom stereocenters. The van der Waals surface area contributed by atoms with E-state index in [1.54, 1.807) is 23.1 Å². The maximum Gasteiger partial charge on any atom is 0.269 e. The molecule has 8 nitrogen and oxygen atoms in total. The molecular formula is C31H36FN5O3S. The largest absolute Gasteiger partial charge is 0.351 e. The van der Waals surface area contributed by atoms with Crippen LogP contribution in [-0.4, -0.2) is 47.2 Å². The van der Waals surface area contributed by atoms with Crippen LogP contribution in [0, 0.1) is 11.7 Å². The molecule has 1 aromatic heterocycles. The Hall–Kier alpha value is -3.76. The first-order valence-electron chi connectivity index (χ1n) is 13.9. The maximum atomic E-state index is 12.9. The molecule has 2 aliphatic rings. The van der Waals surface area contributed by atoms with Crippen molar-refractivity contribution in [2.75, 3.05) is 13.1 Å². The van der Waals surface area contributed by atoms with Crippen LogP contribution in [0.1, 0.15) is 67.2 Å². The van der Waals surface area contributed by atoms with E-state index in [4.69, 9.17) is 5.14 Å². The second-order valence-corrected chi connectivity index (χ2v) is 10.9. The van der Waals surface area contributed by atoms with E-state index in [9.17, 15) is 18.8 Å². The summed E-state index contributed by atoms with van der Waals surface area (Å²) in [5.74, 6) is 0.0897. The molecule has 216 valence electrons. The van der Waals surface area contributed by atoms with Gasteiger partial charge in [-0.25, -0.2) is 9.37 Å². The highest BCUT2D eigenvalue weighted by Crippen LogP contribution is 2.32. The number of nitrogens with zero attached hydrogens (tertiary/aromatic N) is 2. The summed E-state index contributed by atoms with van der Waals surface area (Å²) in [5.41, 5.74) is 3.12. The minimum atomic E-state index is -0.343. The maximum absolute atomic E-state index is 12.9. The Morgan fingerprint density at radius 1 is 1.17 bits per heavy atom. The Morgan fingerprint density at radius 3 is 2.68 bits per heavy atom. The molecule has 0 spiro atoms. The summed E-state index contributed by atoms with van der Waals surface area (Å²) < 4.78 is 12.9. The van der Waals surface area contributed by atoms with Crippen LogP contribution >= 0.6 is 11.9 Å². The first-order valence-corrected chi connectivity index (χ1v) is 14.8. The van der Waals surface area contributed by atoms with Crippen molar-refractivity contribution < 1.29 is 18.8 Å². The van der Waals surface area contributed by atoms with Gasteiger partial charge in [0.2, 0.25) is 12.3 Å². The third kappa shape index (κ3) is 8.14. The van der Waals surface area contributed by atoms with Crippen molar-refractivity contribution in [2.24, 2.45) is 11.1 Å². The Labute approximate surface area is 244 Å². The van der Waals surface area contributed by atoms with Gasteiger partial charge in [0.05, 0.1) is 11.6 Å². The molecule has 1 saturated heterocycles. The zero-order valence-corrected chi connectivity index (χ0v) is 24.1. The van der Waals surface area contributed by atoms with Gasteiger partial charge in [0.25, 0.3) is 5.91 Å². The number of fused-ring (bicyclic) bond motifs is 1. The highest BCUT2D eigenvalue weighted by atomic mass is 32.2. The fourth-order valence-corrected chi connectivity index (χ4v) is 5.09. The standard InChI is InChI=1S/C19H25N3O2S.C12H11FN2O/c1-13(21-19(24)18-3-2-10-22(18)12-23)17-9-8-16(25-20)11-15(17)7-6-14-4-5-14;1-2-14-12(16)11-5-3-8-7-9(13)4-6-10(8)15-11/h6-9,11-14,18H,2-5,10,20H2,1H3,(H,21,24);3-7H,2H2,1H3,(H,14,16)/b7-6+;. The molecule has 3 aromatic rings. The lowest BCUT2D eigenvalue weighted by Crippen LogP contribution is -2.43. The fraction of sp³-hybridized carbons (Fsp3) is 0.355. The van der Waals surface area contributed by atoms with Crippen molar-refractivity contribution in [3.63, 3.8) is 0 Å². The molecule has 5 rings (SSSR count). The van der Waals surface area contributed by atoms with E-state index in [0.717, 1.165) is 35.3 Å². The molecule has 0 radical (unpaired) electrons. The number of rotatable bonds is 9. The van der Waals surface area contributed by atoms with E-state index in [2.05, 4.69) is 33.8 Å². The number of aromatic nitrogens is 1. The van der Waals surface area contributed by atoms with Crippen LogP contribution in [0.25, 0.3) is 17.0 Å². The fourth-order valence-electron chi connectivity index (χ4n) is 4.75. The molecule has 2 aromatic carbocycles. The summed E-state index contributed by atoms with van der Waals surface area (Å²) >= 11 is 1.22. The number of pyridine rings is 1. The zero-order valence-electron chi connectivity index (χ0n) is 23.3. The van der Waals surface area contributed by atoms with Crippen LogP contribution in [0.2, 0.25) is 0 Å². The topological polar surface area (TPSA) is 117 Å². The number of carbonyl (C=O) groups excluding carboxylic acids is 3. The van der Waals surface area contributed by atoms with Crippen molar-refractivity contribution in [1.82, 2.24) is 20.5 Å². The van der Waals surface area contributed by atoms with E-state index >= 15 is 0 Å². The highest BCUT2D eigenvalue weighted by molar-refractivity contribution is 7.97. The van der Waals surface area contributed by atoms with Crippen molar-refractivity contribution in [3.8, 4) is 0 Å². The van der Waals surface area contributed by atoms with Crippen LogP contribution in [-0.2, 0) is 9.59 Å². The van der Waals surface area contributed by atoms with Gasteiger partial charge in [-0.3, -0.25) is 19.5 Å². The number of hydrogen-bond donors (Lipinski definition) is 3. The van der Waals surface area contributed by atoms with Gasteiger partial charge in [-0.05, 0) is 105 Å². The van der Waals surface area contributed by atoms with Crippen LogP contribution in [0.4, 0.5) is 4.39 Å². The molecule has 2 fully saturated rings. The molecule has 1 aliphatic heterocycles. The van der Waals surface area contributed by atoms with Gasteiger partial charge in [0, 0.05) is 23.4 Å². The predicted molar refractivity (Wildman–Crippen MR) is 160 cm³/mol. The first kappa shape index (κ1) is 30.2. The minimum Gasteiger partial charge on any atom is -0.351 e. The predicted octanol–water partition coefficient (Wildman–Crippen LogP) is 5.00. The molecule has 2 heterocycles. The Balaban J connectivity index is 0.000000208. The molecule has 1 aliphatic carbocycles. The molecule has 41 heavy (non-hydrogen) atoms. The van der Waals surface area contributed by atoms with E-state index in [-0.39, 0.29) is 29.7 Å². The number of allylic oxidation sites excluding steroid dienone is 1. The number of benzene rings is 2. The second kappa shape index (κ2) is 14.2. The summed E-state index contributed by atoms with van der Waals surface area (Å²) in [4.78, 5) is 41.9. The average Bonchev–Trinajstić information content (AvgIpc) is 3.69.